The lowest BCUT2D eigenvalue weighted by atomic mass is 9.96. The maximum absolute atomic E-state index is 13.9. The highest BCUT2D eigenvalue weighted by atomic mass is 19.1. The van der Waals surface area contributed by atoms with Gasteiger partial charge in [0.05, 0.1) is 5.69 Å². The Morgan fingerprint density at radius 3 is 2.27 bits per heavy atom. The van der Waals surface area contributed by atoms with Crippen LogP contribution in [0.4, 0.5) is 8.78 Å². The van der Waals surface area contributed by atoms with E-state index in [1.54, 1.807) is 6.07 Å². The van der Waals surface area contributed by atoms with Crippen molar-refractivity contribution in [3.8, 4) is 11.3 Å². The van der Waals surface area contributed by atoms with Crippen LogP contribution in [0.1, 0.15) is 23.2 Å². The van der Waals surface area contributed by atoms with Crippen molar-refractivity contribution in [1.82, 2.24) is 14.7 Å². The number of benzene rings is 2. The molecule has 5 nitrogen and oxygen atoms in total. The molecule has 154 valence electrons. The van der Waals surface area contributed by atoms with E-state index >= 15 is 0 Å². The summed E-state index contributed by atoms with van der Waals surface area (Å²) < 4.78 is 29.3. The number of carbonyl (C=O) groups is 1. The number of hydrogen-bond donors (Lipinski definition) is 0. The minimum Gasteiger partial charge on any atom is -0.338 e. The zero-order valence-electron chi connectivity index (χ0n) is 16.3. The van der Waals surface area contributed by atoms with Gasteiger partial charge >= 0.3 is 0 Å². The summed E-state index contributed by atoms with van der Waals surface area (Å²) in [7, 11) is 0. The fraction of sp³-hybridized carbons (Fsp3) is 0.261. The van der Waals surface area contributed by atoms with Crippen LogP contribution in [-0.2, 0) is 6.54 Å². The van der Waals surface area contributed by atoms with Gasteiger partial charge in [-0.3, -0.25) is 9.59 Å². The molecule has 2 aromatic carbocycles. The molecule has 2 heterocycles. The van der Waals surface area contributed by atoms with Gasteiger partial charge < -0.3 is 4.90 Å². The second kappa shape index (κ2) is 8.57. The molecular weight excluding hydrogens is 388 g/mol. The van der Waals surface area contributed by atoms with Gasteiger partial charge in [0, 0.05) is 31.3 Å². The van der Waals surface area contributed by atoms with Crippen molar-refractivity contribution in [1.29, 1.82) is 0 Å². The molecule has 0 aliphatic carbocycles. The SMILES string of the molecule is O=C(c1c(F)cccc1F)N1CCC(Cn2nc(-c3ccccc3)ccc2=O)CC1. The maximum atomic E-state index is 13.9. The minimum absolute atomic E-state index is 0.149. The number of nitrogens with zero attached hydrogens (tertiary/aromatic N) is 3. The smallest absolute Gasteiger partial charge is 0.266 e. The van der Waals surface area contributed by atoms with Gasteiger partial charge in [0.15, 0.2) is 0 Å². The molecule has 4 rings (SSSR count). The van der Waals surface area contributed by atoms with Crippen LogP contribution in [0, 0.1) is 17.6 Å². The highest BCUT2D eigenvalue weighted by Gasteiger charge is 2.27. The van der Waals surface area contributed by atoms with E-state index in [0.29, 0.717) is 32.5 Å². The molecular formula is C23H21F2N3O2. The molecule has 30 heavy (non-hydrogen) atoms. The van der Waals surface area contributed by atoms with Crippen molar-refractivity contribution in [2.24, 2.45) is 5.92 Å². The van der Waals surface area contributed by atoms with Crippen molar-refractivity contribution in [2.75, 3.05) is 13.1 Å². The highest BCUT2D eigenvalue weighted by molar-refractivity contribution is 5.94. The summed E-state index contributed by atoms with van der Waals surface area (Å²) in [5, 5.41) is 4.49. The average Bonchev–Trinajstić information content (AvgIpc) is 2.76. The lowest BCUT2D eigenvalue weighted by Crippen LogP contribution is -2.41. The van der Waals surface area contributed by atoms with Crippen molar-refractivity contribution in [2.45, 2.75) is 19.4 Å². The third-order valence-corrected chi connectivity index (χ3v) is 5.45. The number of carbonyl (C=O) groups excluding carboxylic acids is 1. The molecule has 1 saturated heterocycles. The number of piperidine rings is 1. The third-order valence-electron chi connectivity index (χ3n) is 5.45. The number of halogens is 2. The van der Waals surface area contributed by atoms with Crippen molar-refractivity contribution < 1.29 is 13.6 Å². The van der Waals surface area contributed by atoms with Gasteiger partial charge in [0.2, 0.25) is 0 Å². The fourth-order valence-corrected chi connectivity index (χ4v) is 3.77. The first-order valence-corrected chi connectivity index (χ1v) is 9.90. The van der Waals surface area contributed by atoms with Crippen LogP contribution in [-0.4, -0.2) is 33.7 Å². The summed E-state index contributed by atoms with van der Waals surface area (Å²) in [6.45, 7) is 1.20. The van der Waals surface area contributed by atoms with E-state index in [0.717, 1.165) is 23.4 Å². The van der Waals surface area contributed by atoms with Crippen LogP contribution < -0.4 is 5.56 Å². The van der Waals surface area contributed by atoms with Crippen molar-refractivity contribution in [3.63, 3.8) is 0 Å². The first-order chi connectivity index (χ1) is 14.5. The molecule has 0 spiro atoms. The summed E-state index contributed by atoms with van der Waals surface area (Å²) >= 11 is 0. The van der Waals surface area contributed by atoms with Gasteiger partial charge in [0.1, 0.15) is 17.2 Å². The Morgan fingerprint density at radius 1 is 0.933 bits per heavy atom. The molecule has 1 aliphatic rings. The van der Waals surface area contributed by atoms with Crippen molar-refractivity contribution in [3.05, 3.63) is 88.2 Å². The first kappa shape index (κ1) is 19.9. The Labute approximate surface area is 172 Å². The molecule has 3 aromatic rings. The van der Waals surface area contributed by atoms with Gasteiger partial charge in [-0.25, -0.2) is 13.5 Å². The predicted octanol–water partition coefficient (Wildman–Crippen LogP) is 3.74. The number of likely N-dealkylation sites (tertiary alicyclic amines) is 1. The molecule has 0 saturated carbocycles. The highest BCUT2D eigenvalue weighted by Crippen LogP contribution is 2.23. The number of rotatable bonds is 4. The Bertz CT molecular complexity index is 1090. The normalized spacial score (nSPS) is 14.7. The monoisotopic (exact) mass is 409 g/mol. The summed E-state index contributed by atoms with van der Waals surface area (Å²) in [5.74, 6) is -2.19. The molecule has 0 unspecified atom stereocenters. The van der Waals surface area contributed by atoms with Gasteiger partial charge in [-0.05, 0) is 37.0 Å². The Balaban J connectivity index is 1.43. The number of aromatic nitrogens is 2. The minimum atomic E-state index is -0.851. The number of amides is 1. The van der Waals surface area contributed by atoms with E-state index in [-0.39, 0.29) is 11.5 Å². The van der Waals surface area contributed by atoms with Crippen LogP contribution in [0.3, 0.4) is 0 Å². The Kier molecular flexibility index (Phi) is 5.70. The zero-order chi connectivity index (χ0) is 21.1. The standard InChI is InChI=1S/C23H21F2N3O2/c24-18-7-4-8-19(25)22(18)23(30)27-13-11-16(12-14-27)15-28-21(29)10-9-20(26-28)17-5-2-1-3-6-17/h1-10,16H,11-15H2. The Hall–Kier alpha value is -3.35. The van der Waals surface area contributed by atoms with Gasteiger partial charge in [0.25, 0.3) is 11.5 Å². The predicted molar refractivity (Wildman–Crippen MR) is 109 cm³/mol. The Morgan fingerprint density at radius 2 is 1.60 bits per heavy atom. The molecule has 1 aliphatic heterocycles. The summed E-state index contributed by atoms with van der Waals surface area (Å²) in [6.07, 6.45) is 1.26. The molecule has 1 aromatic heterocycles. The lowest BCUT2D eigenvalue weighted by molar-refractivity contribution is 0.0670. The molecule has 0 atom stereocenters. The van der Waals surface area contributed by atoms with E-state index < -0.39 is 23.1 Å². The van der Waals surface area contributed by atoms with Crippen LogP contribution in [0.15, 0.2) is 65.5 Å². The quantitative estimate of drug-likeness (QED) is 0.660. The lowest BCUT2D eigenvalue weighted by Gasteiger charge is -2.32. The van der Waals surface area contributed by atoms with E-state index in [1.165, 1.54) is 21.7 Å². The molecule has 1 amide bonds. The average molecular weight is 409 g/mol. The van der Waals surface area contributed by atoms with Crippen LogP contribution in [0.2, 0.25) is 0 Å². The van der Waals surface area contributed by atoms with E-state index in [2.05, 4.69) is 5.10 Å². The van der Waals surface area contributed by atoms with E-state index in [4.69, 9.17) is 0 Å². The largest absolute Gasteiger partial charge is 0.338 e. The third kappa shape index (κ3) is 4.15. The van der Waals surface area contributed by atoms with Crippen LogP contribution >= 0.6 is 0 Å². The van der Waals surface area contributed by atoms with Crippen LogP contribution in [0.25, 0.3) is 11.3 Å². The van der Waals surface area contributed by atoms with Crippen molar-refractivity contribution >= 4 is 5.91 Å². The molecule has 1 fully saturated rings. The van der Waals surface area contributed by atoms with E-state index in [9.17, 15) is 18.4 Å². The second-order valence-corrected chi connectivity index (χ2v) is 7.44. The van der Waals surface area contributed by atoms with Gasteiger partial charge in [-0.2, -0.15) is 5.10 Å². The molecule has 7 heteroatoms. The number of hydrogen-bond acceptors (Lipinski definition) is 3. The maximum Gasteiger partial charge on any atom is 0.266 e. The first-order valence-electron chi connectivity index (χ1n) is 9.90. The molecule has 0 radical (unpaired) electrons. The van der Waals surface area contributed by atoms with Crippen LogP contribution in [0.5, 0.6) is 0 Å². The topological polar surface area (TPSA) is 55.2 Å². The van der Waals surface area contributed by atoms with E-state index in [1.807, 2.05) is 30.3 Å². The molecule has 0 bridgehead atoms. The summed E-state index contributed by atoms with van der Waals surface area (Å²) in [5.41, 5.74) is 0.961. The van der Waals surface area contributed by atoms with Gasteiger partial charge in [-0.1, -0.05) is 36.4 Å². The molecule has 0 N–H and O–H groups in total. The van der Waals surface area contributed by atoms with Gasteiger partial charge in [-0.15, -0.1) is 0 Å². The summed E-state index contributed by atoms with van der Waals surface area (Å²) in [4.78, 5) is 26.3. The zero-order valence-corrected chi connectivity index (χ0v) is 16.3. The fourth-order valence-electron chi connectivity index (χ4n) is 3.77. The summed E-state index contributed by atoms with van der Waals surface area (Å²) in [6, 6.07) is 16.2. The second-order valence-electron chi connectivity index (χ2n) is 7.44.